The Morgan fingerprint density at radius 2 is 1.72 bits per heavy atom. The molecule has 1 aromatic heterocycles. The van der Waals surface area contributed by atoms with Gasteiger partial charge in [0, 0.05) is 22.3 Å². The molecule has 3 aromatic carbocycles. The summed E-state index contributed by atoms with van der Waals surface area (Å²) in [4.78, 5) is 20.8. The van der Waals surface area contributed by atoms with E-state index in [1.165, 1.54) is 0 Å². The van der Waals surface area contributed by atoms with Gasteiger partial charge in [-0.05, 0) is 29.8 Å². The summed E-state index contributed by atoms with van der Waals surface area (Å²) in [5.41, 5.74) is 6.21. The van der Waals surface area contributed by atoms with E-state index in [1.807, 2.05) is 48.5 Å². The van der Waals surface area contributed by atoms with Crippen LogP contribution < -0.4 is 0 Å². The van der Waals surface area contributed by atoms with Crippen molar-refractivity contribution in [2.24, 2.45) is 0 Å². The second-order valence-electron chi connectivity index (χ2n) is 6.03. The molecule has 1 N–H and O–H groups in total. The van der Waals surface area contributed by atoms with E-state index >= 15 is 0 Å². The molecule has 0 bridgehead atoms. The molecule has 0 saturated heterocycles. The number of aromatic amines is 1. The maximum absolute atomic E-state index is 12.8. The number of imidazole rings is 1. The van der Waals surface area contributed by atoms with Crippen molar-refractivity contribution in [3.8, 4) is 28.6 Å². The number of nitriles is 1. The molecule has 4 nitrogen and oxygen atoms in total. The number of carbonyl (C=O) groups is 1. The average molecular weight is 321 g/mol. The van der Waals surface area contributed by atoms with E-state index in [4.69, 9.17) is 5.26 Å². The fraction of sp³-hybridized carbons (Fsp3) is 0. The highest BCUT2D eigenvalue weighted by Crippen LogP contribution is 2.42. The van der Waals surface area contributed by atoms with E-state index in [1.54, 1.807) is 12.1 Å². The highest BCUT2D eigenvalue weighted by molar-refractivity contribution is 6.23. The monoisotopic (exact) mass is 321 g/mol. The zero-order valence-corrected chi connectivity index (χ0v) is 13.1. The number of benzene rings is 3. The van der Waals surface area contributed by atoms with E-state index in [0.29, 0.717) is 16.7 Å². The maximum atomic E-state index is 12.8. The molecule has 0 radical (unpaired) electrons. The lowest BCUT2D eigenvalue weighted by Crippen LogP contribution is -1.95. The summed E-state index contributed by atoms with van der Waals surface area (Å²) in [6.07, 6.45) is 0. The zero-order chi connectivity index (χ0) is 17.0. The number of nitrogens with zero attached hydrogens (tertiary/aromatic N) is 2. The Labute approximate surface area is 143 Å². The summed E-state index contributed by atoms with van der Waals surface area (Å²) in [5, 5.41) is 9.11. The first-order chi connectivity index (χ1) is 12.3. The molecule has 1 aliphatic rings. The minimum atomic E-state index is -0.0416. The van der Waals surface area contributed by atoms with Crippen LogP contribution in [0.1, 0.15) is 21.5 Å². The van der Waals surface area contributed by atoms with Gasteiger partial charge in [0.05, 0.1) is 22.7 Å². The third-order valence-corrected chi connectivity index (χ3v) is 4.62. The third kappa shape index (κ3) is 1.87. The van der Waals surface area contributed by atoms with Crippen molar-refractivity contribution in [1.29, 1.82) is 5.26 Å². The number of H-pyrrole nitrogens is 1. The van der Waals surface area contributed by atoms with Crippen LogP contribution in [0.2, 0.25) is 0 Å². The quantitative estimate of drug-likeness (QED) is 0.500. The van der Waals surface area contributed by atoms with Gasteiger partial charge in [-0.25, -0.2) is 4.98 Å². The Balaban J connectivity index is 1.80. The van der Waals surface area contributed by atoms with Crippen molar-refractivity contribution < 1.29 is 4.79 Å². The largest absolute Gasteiger partial charge is 0.338 e. The normalized spacial score (nSPS) is 12.0. The summed E-state index contributed by atoms with van der Waals surface area (Å²) < 4.78 is 0. The molecule has 5 rings (SSSR count). The minimum Gasteiger partial charge on any atom is -0.338 e. The van der Waals surface area contributed by atoms with Gasteiger partial charge >= 0.3 is 0 Å². The summed E-state index contributed by atoms with van der Waals surface area (Å²) in [6.45, 7) is 0. The summed E-state index contributed by atoms with van der Waals surface area (Å²) in [6, 6.07) is 20.9. The number of hydrogen-bond donors (Lipinski definition) is 1. The average Bonchev–Trinajstić information content (AvgIpc) is 3.21. The zero-order valence-electron chi connectivity index (χ0n) is 13.1. The number of rotatable bonds is 1. The number of hydrogen-bond acceptors (Lipinski definition) is 3. The van der Waals surface area contributed by atoms with E-state index in [2.05, 4.69) is 16.0 Å². The Morgan fingerprint density at radius 1 is 0.880 bits per heavy atom. The lowest BCUT2D eigenvalue weighted by atomic mass is 9.98. The molecule has 4 aromatic rings. The second-order valence-corrected chi connectivity index (χ2v) is 6.03. The molecule has 4 heteroatoms. The van der Waals surface area contributed by atoms with Crippen LogP contribution in [0.25, 0.3) is 33.5 Å². The van der Waals surface area contributed by atoms with Crippen LogP contribution in [0.15, 0.2) is 60.7 Å². The van der Waals surface area contributed by atoms with E-state index in [0.717, 1.165) is 33.5 Å². The lowest BCUT2D eigenvalue weighted by molar-refractivity contribution is 0.104. The highest BCUT2D eigenvalue weighted by atomic mass is 16.1. The summed E-state index contributed by atoms with van der Waals surface area (Å²) >= 11 is 0. The van der Waals surface area contributed by atoms with Gasteiger partial charge in [-0.1, -0.05) is 36.4 Å². The van der Waals surface area contributed by atoms with Crippen molar-refractivity contribution in [2.45, 2.75) is 0 Å². The molecular weight excluding hydrogens is 310 g/mol. The summed E-state index contributed by atoms with van der Waals surface area (Å²) in [5.74, 6) is 0.697. The van der Waals surface area contributed by atoms with Crippen molar-refractivity contribution in [3.63, 3.8) is 0 Å². The van der Waals surface area contributed by atoms with Crippen molar-refractivity contribution in [2.75, 3.05) is 0 Å². The number of aromatic nitrogens is 2. The van der Waals surface area contributed by atoms with Gasteiger partial charge in [0.1, 0.15) is 5.82 Å². The number of nitrogens with one attached hydrogen (secondary N) is 1. The molecule has 0 unspecified atom stereocenters. The van der Waals surface area contributed by atoms with Crippen LogP contribution >= 0.6 is 0 Å². The van der Waals surface area contributed by atoms with Crippen LogP contribution in [-0.4, -0.2) is 15.8 Å². The van der Waals surface area contributed by atoms with Crippen LogP contribution in [0.5, 0.6) is 0 Å². The molecule has 0 saturated carbocycles. The van der Waals surface area contributed by atoms with Gasteiger partial charge in [0.15, 0.2) is 5.78 Å². The van der Waals surface area contributed by atoms with Crippen molar-refractivity contribution >= 4 is 16.8 Å². The Morgan fingerprint density at radius 3 is 2.56 bits per heavy atom. The van der Waals surface area contributed by atoms with Gasteiger partial charge in [0.25, 0.3) is 0 Å². The fourth-order valence-electron chi connectivity index (χ4n) is 3.47. The van der Waals surface area contributed by atoms with Crippen LogP contribution in [0, 0.1) is 11.3 Å². The summed E-state index contributed by atoms with van der Waals surface area (Å²) in [7, 11) is 0. The second kappa shape index (κ2) is 4.89. The molecule has 1 aliphatic carbocycles. The number of fused-ring (bicyclic) bond motifs is 4. The first kappa shape index (κ1) is 13.7. The van der Waals surface area contributed by atoms with Gasteiger partial charge in [-0.15, -0.1) is 0 Å². The van der Waals surface area contributed by atoms with Gasteiger partial charge in [0.2, 0.25) is 0 Å². The molecular formula is C21H11N3O. The minimum absolute atomic E-state index is 0.0416. The molecule has 1 heterocycles. The van der Waals surface area contributed by atoms with Gasteiger partial charge < -0.3 is 4.98 Å². The van der Waals surface area contributed by atoms with Gasteiger partial charge in [-0.2, -0.15) is 5.26 Å². The Hall–Kier alpha value is -3.71. The van der Waals surface area contributed by atoms with Crippen molar-refractivity contribution in [1.82, 2.24) is 9.97 Å². The first-order valence-corrected chi connectivity index (χ1v) is 7.93. The molecule has 25 heavy (non-hydrogen) atoms. The molecule has 0 amide bonds. The molecule has 0 fully saturated rings. The predicted octanol–water partition coefficient (Wildman–Crippen LogP) is 4.31. The van der Waals surface area contributed by atoms with E-state index < -0.39 is 0 Å². The van der Waals surface area contributed by atoms with Crippen molar-refractivity contribution in [3.05, 3.63) is 77.4 Å². The SMILES string of the molecule is N#Cc1ccc2c(c1)C(=O)c1cccc(-c3nc4ccccc4[nH]3)c1-2. The standard InChI is InChI=1S/C21H11N3O/c22-11-12-8-9-13-16(10-12)20(25)14-4-3-5-15(19(13)14)21-23-17-6-1-2-7-18(17)24-21/h1-10H,(H,23,24). The number of carbonyl (C=O) groups excluding carboxylic acids is 1. The number of para-hydroxylation sites is 2. The molecule has 0 aliphatic heterocycles. The van der Waals surface area contributed by atoms with E-state index in [-0.39, 0.29) is 5.78 Å². The first-order valence-electron chi connectivity index (χ1n) is 7.93. The van der Waals surface area contributed by atoms with Crippen LogP contribution in [0.4, 0.5) is 0 Å². The van der Waals surface area contributed by atoms with Gasteiger partial charge in [-0.3, -0.25) is 4.79 Å². The third-order valence-electron chi connectivity index (χ3n) is 4.62. The maximum Gasteiger partial charge on any atom is 0.194 e. The Kier molecular flexibility index (Phi) is 2.68. The van der Waals surface area contributed by atoms with E-state index in [9.17, 15) is 4.79 Å². The van der Waals surface area contributed by atoms with Crippen LogP contribution in [0.3, 0.4) is 0 Å². The smallest absolute Gasteiger partial charge is 0.194 e. The fourth-order valence-corrected chi connectivity index (χ4v) is 3.47. The Bertz CT molecular complexity index is 1190. The van der Waals surface area contributed by atoms with Crippen LogP contribution in [-0.2, 0) is 0 Å². The lowest BCUT2D eigenvalue weighted by Gasteiger charge is -2.06. The predicted molar refractivity (Wildman–Crippen MR) is 95.1 cm³/mol. The number of ketones is 1. The molecule has 0 spiro atoms. The molecule has 116 valence electrons. The molecule has 0 atom stereocenters. The highest BCUT2D eigenvalue weighted by Gasteiger charge is 2.30. The topological polar surface area (TPSA) is 69.5 Å².